The molecule has 11 heteroatoms. The molecule has 1 saturated heterocycles. The van der Waals surface area contributed by atoms with Crippen LogP contribution in [0.15, 0.2) is 29.2 Å². The van der Waals surface area contributed by atoms with Crippen LogP contribution >= 0.6 is 0 Å². The van der Waals surface area contributed by atoms with E-state index in [-0.39, 0.29) is 28.5 Å². The standard InChI is InChI=1S/C22H29N3O7S/c1-3-24(4-2)33(30,31)16-11-9-15(10-12-16)23-19(26)14-32-20(27)13-25-21(28)17-7-5-6-8-18(17)22(25)29/h9-12,17-18H,3-8,13-14H2,1-2H3,(H,23,26). The summed E-state index contributed by atoms with van der Waals surface area (Å²) in [4.78, 5) is 50.1. The topological polar surface area (TPSA) is 130 Å². The van der Waals surface area contributed by atoms with E-state index in [0.717, 1.165) is 17.7 Å². The van der Waals surface area contributed by atoms with Crippen LogP contribution in [0.25, 0.3) is 0 Å². The zero-order chi connectivity index (χ0) is 24.2. The molecule has 2 fully saturated rings. The van der Waals surface area contributed by atoms with Crippen molar-refractivity contribution in [2.45, 2.75) is 44.4 Å². The van der Waals surface area contributed by atoms with Gasteiger partial charge in [-0.2, -0.15) is 4.31 Å². The Bertz CT molecular complexity index is 995. The number of imide groups is 1. The first-order chi connectivity index (χ1) is 15.7. The number of nitrogens with zero attached hydrogens (tertiary/aromatic N) is 2. The summed E-state index contributed by atoms with van der Waals surface area (Å²) in [5.74, 6) is -2.86. The number of anilines is 1. The van der Waals surface area contributed by atoms with Gasteiger partial charge in [-0.15, -0.1) is 0 Å². The minimum absolute atomic E-state index is 0.108. The van der Waals surface area contributed by atoms with Crippen LogP contribution in [0.3, 0.4) is 0 Å². The Morgan fingerprint density at radius 3 is 2.09 bits per heavy atom. The van der Waals surface area contributed by atoms with Crippen LogP contribution in [0.4, 0.5) is 5.69 Å². The molecule has 2 atom stereocenters. The molecular weight excluding hydrogens is 450 g/mol. The van der Waals surface area contributed by atoms with Crippen molar-refractivity contribution in [1.29, 1.82) is 0 Å². The van der Waals surface area contributed by atoms with Crippen LogP contribution in [0, 0.1) is 11.8 Å². The van der Waals surface area contributed by atoms with Crippen LogP contribution in [0.1, 0.15) is 39.5 Å². The molecule has 3 rings (SSSR count). The number of likely N-dealkylation sites (tertiary alicyclic amines) is 1. The fourth-order valence-corrected chi connectivity index (χ4v) is 5.79. The van der Waals surface area contributed by atoms with Crippen molar-refractivity contribution >= 4 is 39.4 Å². The first-order valence-electron chi connectivity index (χ1n) is 11.1. The van der Waals surface area contributed by atoms with Crippen molar-refractivity contribution in [3.8, 4) is 0 Å². The average Bonchev–Trinajstić information content (AvgIpc) is 3.04. The number of hydrogen-bond acceptors (Lipinski definition) is 7. The first kappa shape index (κ1) is 24.8. The molecule has 1 aliphatic heterocycles. The minimum atomic E-state index is -3.60. The van der Waals surface area contributed by atoms with Gasteiger partial charge in [0, 0.05) is 18.8 Å². The maximum absolute atomic E-state index is 12.5. The largest absolute Gasteiger partial charge is 0.454 e. The van der Waals surface area contributed by atoms with Gasteiger partial charge in [-0.1, -0.05) is 26.7 Å². The Balaban J connectivity index is 1.50. The molecule has 1 N–H and O–H groups in total. The summed E-state index contributed by atoms with van der Waals surface area (Å²) in [5, 5.41) is 2.51. The molecule has 2 unspecified atom stereocenters. The molecule has 0 radical (unpaired) electrons. The normalized spacial score (nSPS) is 20.6. The molecule has 1 aliphatic carbocycles. The SMILES string of the molecule is CCN(CC)S(=O)(=O)c1ccc(NC(=O)COC(=O)CN2C(=O)C3CCCCC3C2=O)cc1. The molecule has 2 aliphatic rings. The summed E-state index contributed by atoms with van der Waals surface area (Å²) in [7, 11) is -3.60. The van der Waals surface area contributed by atoms with Crippen LogP contribution < -0.4 is 5.32 Å². The van der Waals surface area contributed by atoms with Gasteiger partial charge >= 0.3 is 5.97 Å². The second-order valence-corrected chi connectivity index (χ2v) is 10.0. The van der Waals surface area contributed by atoms with E-state index >= 15 is 0 Å². The molecule has 10 nitrogen and oxygen atoms in total. The van der Waals surface area contributed by atoms with Gasteiger partial charge in [-0.05, 0) is 37.1 Å². The molecule has 0 aromatic heterocycles. The number of ether oxygens (including phenoxy) is 1. The number of sulfonamides is 1. The van der Waals surface area contributed by atoms with Gasteiger partial charge in [-0.25, -0.2) is 8.42 Å². The maximum atomic E-state index is 12.5. The molecule has 180 valence electrons. The third kappa shape index (κ3) is 5.41. The number of esters is 1. The van der Waals surface area contributed by atoms with E-state index in [1.54, 1.807) is 13.8 Å². The van der Waals surface area contributed by atoms with E-state index in [9.17, 15) is 27.6 Å². The van der Waals surface area contributed by atoms with Crippen LogP contribution in [-0.4, -0.2) is 67.6 Å². The van der Waals surface area contributed by atoms with Gasteiger partial charge in [0.25, 0.3) is 5.91 Å². The van der Waals surface area contributed by atoms with Crippen molar-refractivity contribution in [2.24, 2.45) is 11.8 Å². The molecule has 1 aromatic rings. The van der Waals surface area contributed by atoms with Crippen LogP contribution in [0.2, 0.25) is 0 Å². The summed E-state index contributed by atoms with van der Waals surface area (Å²) in [6, 6.07) is 5.66. The highest BCUT2D eigenvalue weighted by Gasteiger charge is 2.48. The van der Waals surface area contributed by atoms with Crippen molar-refractivity contribution in [3.05, 3.63) is 24.3 Å². The molecule has 0 bridgehead atoms. The van der Waals surface area contributed by atoms with Crippen molar-refractivity contribution in [2.75, 3.05) is 31.6 Å². The van der Waals surface area contributed by atoms with Gasteiger partial charge in [0.1, 0.15) is 6.54 Å². The van der Waals surface area contributed by atoms with E-state index in [1.807, 2.05) is 0 Å². The van der Waals surface area contributed by atoms with E-state index in [2.05, 4.69) is 5.32 Å². The number of carbonyl (C=O) groups excluding carboxylic acids is 4. The second-order valence-electron chi connectivity index (χ2n) is 8.08. The lowest BCUT2D eigenvalue weighted by Gasteiger charge is -2.19. The lowest BCUT2D eigenvalue weighted by Crippen LogP contribution is -2.37. The zero-order valence-corrected chi connectivity index (χ0v) is 19.6. The van der Waals surface area contributed by atoms with Gasteiger partial charge in [0.2, 0.25) is 21.8 Å². The molecular formula is C22H29N3O7S. The number of fused-ring (bicyclic) bond motifs is 1. The number of hydrogen-bond donors (Lipinski definition) is 1. The summed E-state index contributed by atoms with van der Waals surface area (Å²) in [5.41, 5.74) is 0.337. The Morgan fingerprint density at radius 1 is 1.03 bits per heavy atom. The fraction of sp³-hybridized carbons (Fsp3) is 0.545. The molecule has 1 saturated carbocycles. The number of rotatable bonds is 9. The second kappa shape index (κ2) is 10.4. The smallest absolute Gasteiger partial charge is 0.326 e. The first-order valence-corrected chi connectivity index (χ1v) is 12.5. The molecule has 1 aromatic carbocycles. The van der Waals surface area contributed by atoms with Gasteiger partial charge < -0.3 is 10.1 Å². The molecule has 0 spiro atoms. The Kier molecular flexibility index (Phi) is 7.85. The quantitative estimate of drug-likeness (QED) is 0.418. The monoisotopic (exact) mass is 479 g/mol. The zero-order valence-electron chi connectivity index (χ0n) is 18.8. The van der Waals surface area contributed by atoms with Gasteiger partial charge in [0.15, 0.2) is 6.61 Å². The summed E-state index contributed by atoms with van der Waals surface area (Å²) in [6.07, 6.45) is 3.08. The highest BCUT2D eigenvalue weighted by molar-refractivity contribution is 7.89. The van der Waals surface area contributed by atoms with E-state index in [4.69, 9.17) is 4.74 Å². The number of carbonyl (C=O) groups is 4. The lowest BCUT2D eigenvalue weighted by atomic mass is 9.81. The van der Waals surface area contributed by atoms with Gasteiger partial charge in [0.05, 0.1) is 16.7 Å². The lowest BCUT2D eigenvalue weighted by molar-refractivity contribution is -0.154. The third-order valence-electron chi connectivity index (χ3n) is 6.07. The summed E-state index contributed by atoms with van der Waals surface area (Å²) < 4.78 is 31.3. The van der Waals surface area contributed by atoms with E-state index < -0.39 is 35.1 Å². The van der Waals surface area contributed by atoms with E-state index in [1.165, 1.54) is 28.6 Å². The van der Waals surface area contributed by atoms with Gasteiger partial charge in [-0.3, -0.25) is 24.1 Å². The number of amides is 3. The molecule has 3 amide bonds. The molecule has 1 heterocycles. The molecule has 33 heavy (non-hydrogen) atoms. The fourth-order valence-electron chi connectivity index (χ4n) is 4.33. The average molecular weight is 480 g/mol. The third-order valence-corrected chi connectivity index (χ3v) is 8.13. The van der Waals surface area contributed by atoms with Crippen LogP contribution in [0.5, 0.6) is 0 Å². The number of nitrogens with one attached hydrogen (secondary N) is 1. The highest BCUT2D eigenvalue weighted by atomic mass is 32.2. The summed E-state index contributed by atoms with van der Waals surface area (Å²) >= 11 is 0. The predicted molar refractivity (Wildman–Crippen MR) is 118 cm³/mol. The Hall–Kier alpha value is -2.79. The van der Waals surface area contributed by atoms with Crippen LogP contribution in [-0.2, 0) is 33.9 Å². The van der Waals surface area contributed by atoms with Crippen molar-refractivity contribution in [1.82, 2.24) is 9.21 Å². The number of benzene rings is 1. The Morgan fingerprint density at radius 2 is 1.58 bits per heavy atom. The van der Waals surface area contributed by atoms with Crippen molar-refractivity contribution in [3.63, 3.8) is 0 Å². The minimum Gasteiger partial charge on any atom is -0.454 e. The Labute approximate surface area is 193 Å². The predicted octanol–water partition coefficient (Wildman–Crippen LogP) is 1.37. The maximum Gasteiger partial charge on any atom is 0.326 e. The van der Waals surface area contributed by atoms with E-state index in [0.29, 0.717) is 31.6 Å². The highest BCUT2D eigenvalue weighted by Crippen LogP contribution is 2.37. The summed E-state index contributed by atoms with van der Waals surface area (Å²) in [6.45, 7) is 3.09. The van der Waals surface area contributed by atoms with Crippen molar-refractivity contribution < 1.29 is 32.3 Å².